The van der Waals surface area contributed by atoms with Crippen LogP contribution in [0.15, 0.2) is 18.2 Å². The molecule has 0 aromatic heterocycles. The molecule has 1 fully saturated rings. The molecule has 100 valence electrons. The third kappa shape index (κ3) is 3.40. The normalized spacial score (nSPS) is 21.8. The highest BCUT2D eigenvalue weighted by atomic mass is 35.5. The first-order valence-corrected chi connectivity index (χ1v) is 7.22. The summed E-state index contributed by atoms with van der Waals surface area (Å²) in [7, 11) is 0. The van der Waals surface area contributed by atoms with Crippen molar-refractivity contribution in [3.05, 3.63) is 33.8 Å². The van der Waals surface area contributed by atoms with Gasteiger partial charge in [0.25, 0.3) is 0 Å². The van der Waals surface area contributed by atoms with Crippen LogP contribution in [0.1, 0.15) is 45.1 Å². The highest BCUT2D eigenvalue weighted by Gasteiger charge is 2.36. The van der Waals surface area contributed by atoms with Crippen LogP contribution in [-0.4, -0.2) is 10.7 Å². The molecule has 1 nitrogen and oxygen atoms in total. The van der Waals surface area contributed by atoms with E-state index in [2.05, 4.69) is 13.8 Å². The Bertz CT molecular complexity index is 430. The SMILES string of the molecule is CC1(C)CCC(O)(Cc2cc(Cl)ccc2Cl)CC1. The van der Waals surface area contributed by atoms with Crippen LogP contribution in [0.4, 0.5) is 0 Å². The van der Waals surface area contributed by atoms with Crippen molar-refractivity contribution in [2.75, 3.05) is 0 Å². The van der Waals surface area contributed by atoms with Gasteiger partial charge in [0.05, 0.1) is 5.60 Å². The molecule has 0 atom stereocenters. The molecule has 1 aromatic carbocycles. The van der Waals surface area contributed by atoms with Crippen molar-refractivity contribution in [1.29, 1.82) is 0 Å². The molecule has 1 saturated carbocycles. The standard InChI is InChI=1S/C15H20Cl2O/c1-14(2)5-7-15(18,8-6-14)10-11-9-12(16)3-4-13(11)17/h3-4,9,18H,5-8,10H2,1-2H3. The van der Waals surface area contributed by atoms with Crippen molar-refractivity contribution in [2.45, 2.75) is 51.6 Å². The molecule has 0 radical (unpaired) electrons. The Morgan fingerprint density at radius 3 is 2.33 bits per heavy atom. The van der Waals surface area contributed by atoms with Gasteiger partial charge in [-0.3, -0.25) is 0 Å². The fourth-order valence-corrected chi connectivity index (χ4v) is 2.98. The van der Waals surface area contributed by atoms with Crippen molar-refractivity contribution >= 4 is 23.2 Å². The van der Waals surface area contributed by atoms with Gasteiger partial charge in [0.2, 0.25) is 0 Å². The van der Waals surface area contributed by atoms with Crippen molar-refractivity contribution in [3.63, 3.8) is 0 Å². The summed E-state index contributed by atoms with van der Waals surface area (Å²) in [6.45, 7) is 4.53. The second kappa shape index (κ2) is 5.03. The minimum absolute atomic E-state index is 0.352. The lowest BCUT2D eigenvalue weighted by molar-refractivity contribution is -0.0251. The number of benzene rings is 1. The molecule has 3 heteroatoms. The molecule has 1 N–H and O–H groups in total. The maximum atomic E-state index is 10.7. The lowest BCUT2D eigenvalue weighted by Crippen LogP contribution is -2.38. The van der Waals surface area contributed by atoms with Gasteiger partial charge in [-0.25, -0.2) is 0 Å². The molecule has 0 unspecified atom stereocenters. The van der Waals surface area contributed by atoms with Crippen LogP contribution < -0.4 is 0 Å². The lowest BCUT2D eigenvalue weighted by Gasteiger charge is -2.40. The molecule has 0 amide bonds. The van der Waals surface area contributed by atoms with Gasteiger partial charge in [-0.2, -0.15) is 0 Å². The molecule has 1 aliphatic carbocycles. The van der Waals surface area contributed by atoms with E-state index in [0.717, 1.165) is 31.2 Å². The van der Waals surface area contributed by atoms with E-state index in [1.165, 1.54) is 0 Å². The van der Waals surface area contributed by atoms with Crippen molar-refractivity contribution in [3.8, 4) is 0 Å². The van der Waals surface area contributed by atoms with E-state index >= 15 is 0 Å². The summed E-state index contributed by atoms with van der Waals surface area (Å²) in [6, 6.07) is 5.44. The lowest BCUT2D eigenvalue weighted by atomic mass is 9.69. The average Bonchev–Trinajstić information content (AvgIpc) is 2.29. The monoisotopic (exact) mass is 286 g/mol. The molecule has 0 bridgehead atoms. The third-order valence-electron chi connectivity index (χ3n) is 4.06. The predicted octanol–water partition coefficient (Wildman–Crippen LogP) is 4.87. The molecular formula is C15H20Cl2O. The Kier molecular flexibility index (Phi) is 3.96. The largest absolute Gasteiger partial charge is 0.390 e. The van der Waals surface area contributed by atoms with Crippen molar-refractivity contribution in [1.82, 2.24) is 0 Å². The Labute approximate surface area is 119 Å². The molecule has 2 rings (SSSR count). The molecule has 0 saturated heterocycles. The van der Waals surface area contributed by atoms with Crippen LogP contribution in [0, 0.1) is 5.41 Å². The second-order valence-corrected chi connectivity index (χ2v) is 7.14. The van der Waals surface area contributed by atoms with Gasteiger partial charge in [0.1, 0.15) is 0 Å². The van der Waals surface area contributed by atoms with Crippen LogP contribution in [0.2, 0.25) is 10.0 Å². The van der Waals surface area contributed by atoms with Crippen LogP contribution in [0.3, 0.4) is 0 Å². The quantitative estimate of drug-likeness (QED) is 0.823. The Balaban J connectivity index is 2.11. The zero-order valence-corrected chi connectivity index (χ0v) is 12.5. The third-order valence-corrected chi connectivity index (χ3v) is 4.67. The highest BCUT2D eigenvalue weighted by Crippen LogP contribution is 2.42. The molecule has 0 heterocycles. The highest BCUT2D eigenvalue weighted by molar-refractivity contribution is 6.33. The van der Waals surface area contributed by atoms with E-state index < -0.39 is 5.60 Å². The van der Waals surface area contributed by atoms with E-state index in [1.807, 2.05) is 6.07 Å². The summed E-state index contributed by atoms with van der Waals surface area (Å²) in [6.07, 6.45) is 4.39. The van der Waals surface area contributed by atoms with Gasteiger partial charge in [-0.1, -0.05) is 37.0 Å². The first kappa shape index (κ1) is 14.2. The van der Waals surface area contributed by atoms with E-state index in [1.54, 1.807) is 12.1 Å². The maximum Gasteiger partial charge on any atom is 0.0688 e. The molecule has 0 aliphatic heterocycles. The summed E-state index contributed by atoms with van der Waals surface area (Å²) in [5.74, 6) is 0. The van der Waals surface area contributed by atoms with Crippen molar-refractivity contribution in [2.24, 2.45) is 5.41 Å². The van der Waals surface area contributed by atoms with Crippen LogP contribution in [0.5, 0.6) is 0 Å². The molecule has 18 heavy (non-hydrogen) atoms. The number of hydrogen-bond acceptors (Lipinski definition) is 1. The van der Waals surface area contributed by atoms with Gasteiger partial charge in [0.15, 0.2) is 0 Å². The number of halogens is 2. The van der Waals surface area contributed by atoms with Gasteiger partial charge >= 0.3 is 0 Å². The summed E-state index contributed by atoms with van der Waals surface area (Å²) in [5.41, 5.74) is 0.681. The minimum atomic E-state index is -0.621. The number of rotatable bonds is 2. The Morgan fingerprint density at radius 1 is 1.11 bits per heavy atom. The molecular weight excluding hydrogens is 267 g/mol. The molecule has 1 aliphatic rings. The van der Waals surface area contributed by atoms with Gasteiger partial charge in [0, 0.05) is 16.5 Å². The van der Waals surface area contributed by atoms with E-state index in [9.17, 15) is 5.11 Å². The topological polar surface area (TPSA) is 20.2 Å². The summed E-state index contributed by atoms with van der Waals surface area (Å²) >= 11 is 12.1. The van der Waals surface area contributed by atoms with E-state index in [4.69, 9.17) is 23.2 Å². The van der Waals surface area contributed by atoms with Gasteiger partial charge in [-0.15, -0.1) is 0 Å². The smallest absolute Gasteiger partial charge is 0.0688 e. The first-order valence-electron chi connectivity index (χ1n) is 6.46. The Hall–Kier alpha value is -0.240. The van der Waals surface area contributed by atoms with Crippen LogP contribution in [-0.2, 0) is 6.42 Å². The molecule has 0 spiro atoms. The van der Waals surface area contributed by atoms with Gasteiger partial charge in [-0.05, 0) is 54.9 Å². The summed E-state index contributed by atoms with van der Waals surface area (Å²) in [5, 5.41) is 12.0. The van der Waals surface area contributed by atoms with Crippen molar-refractivity contribution < 1.29 is 5.11 Å². The predicted molar refractivity (Wildman–Crippen MR) is 77.4 cm³/mol. The van der Waals surface area contributed by atoms with E-state index in [0.29, 0.717) is 21.9 Å². The minimum Gasteiger partial charge on any atom is -0.390 e. The number of aliphatic hydroxyl groups is 1. The van der Waals surface area contributed by atoms with Crippen LogP contribution >= 0.6 is 23.2 Å². The first-order chi connectivity index (χ1) is 8.30. The van der Waals surface area contributed by atoms with E-state index in [-0.39, 0.29) is 0 Å². The fraction of sp³-hybridized carbons (Fsp3) is 0.600. The van der Waals surface area contributed by atoms with Crippen LogP contribution in [0.25, 0.3) is 0 Å². The second-order valence-electron chi connectivity index (χ2n) is 6.30. The zero-order chi connectivity index (χ0) is 13.4. The average molecular weight is 287 g/mol. The number of hydrogen-bond donors (Lipinski definition) is 1. The summed E-state index contributed by atoms with van der Waals surface area (Å²) < 4.78 is 0. The summed E-state index contributed by atoms with van der Waals surface area (Å²) in [4.78, 5) is 0. The Morgan fingerprint density at radius 2 is 1.72 bits per heavy atom. The van der Waals surface area contributed by atoms with Gasteiger partial charge < -0.3 is 5.11 Å². The maximum absolute atomic E-state index is 10.7. The zero-order valence-electron chi connectivity index (χ0n) is 11.0. The molecule has 1 aromatic rings. The fourth-order valence-electron chi connectivity index (χ4n) is 2.60.